The standard InChI is InChI=1S/C21H25NO4S/c1-24-17-7-9-18(10-8-17)26-15-20(23)22-16-21(11-13-25-14-12-21)27-19-5-3-2-4-6-19/h2-10H,11-16H2,1H3,(H,22,23). The van der Waals surface area contributed by atoms with Gasteiger partial charge in [0.2, 0.25) is 0 Å². The number of thioether (sulfide) groups is 1. The molecule has 0 aromatic heterocycles. The SMILES string of the molecule is COc1ccc(OCC(=O)NCC2(Sc3ccccc3)CCOCC2)cc1. The average molecular weight is 388 g/mol. The Balaban J connectivity index is 1.52. The zero-order valence-electron chi connectivity index (χ0n) is 15.5. The molecule has 27 heavy (non-hydrogen) atoms. The molecule has 0 radical (unpaired) electrons. The summed E-state index contributed by atoms with van der Waals surface area (Å²) >= 11 is 1.82. The summed E-state index contributed by atoms with van der Waals surface area (Å²) in [5, 5.41) is 3.04. The van der Waals surface area contributed by atoms with Crippen molar-refractivity contribution in [3.05, 3.63) is 54.6 Å². The van der Waals surface area contributed by atoms with Crippen molar-refractivity contribution in [3.8, 4) is 11.5 Å². The van der Waals surface area contributed by atoms with Crippen molar-refractivity contribution in [2.75, 3.05) is 33.5 Å². The van der Waals surface area contributed by atoms with E-state index in [1.54, 1.807) is 31.4 Å². The zero-order chi connectivity index (χ0) is 19.0. The van der Waals surface area contributed by atoms with Crippen molar-refractivity contribution < 1.29 is 19.0 Å². The maximum atomic E-state index is 12.3. The fourth-order valence-corrected chi connectivity index (χ4v) is 4.24. The van der Waals surface area contributed by atoms with Crippen molar-refractivity contribution in [2.45, 2.75) is 22.5 Å². The van der Waals surface area contributed by atoms with Crippen LogP contribution in [0.15, 0.2) is 59.5 Å². The van der Waals surface area contributed by atoms with Crippen LogP contribution in [0.5, 0.6) is 11.5 Å². The molecule has 1 saturated heterocycles. The second kappa shape index (κ2) is 9.67. The van der Waals surface area contributed by atoms with Crippen molar-refractivity contribution in [1.82, 2.24) is 5.32 Å². The van der Waals surface area contributed by atoms with Gasteiger partial charge in [-0.2, -0.15) is 0 Å². The smallest absolute Gasteiger partial charge is 0.257 e. The Labute approximate surface area is 164 Å². The average Bonchev–Trinajstić information content (AvgIpc) is 2.72. The predicted molar refractivity (Wildman–Crippen MR) is 107 cm³/mol. The molecule has 2 aromatic carbocycles. The van der Waals surface area contributed by atoms with Crippen LogP contribution in [0.1, 0.15) is 12.8 Å². The van der Waals surface area contributed by atoms with Gasteiger partial charge in [-0.05, 0) is 49.2 Å². The van der Waals surface area contributed by atoms with E-state index < -0.39 is 0 Å². The summed E-state index contributed by atoms with van der Waals surface area (Å²) in [4.78, 5) is 13.5. The summed E-state index contributed by atoms with van der Waals surface area (Å²) in [5.41, 5.74) is 0. The molecule has 1 aliphatic heterocycles. The van der Waals surface area contributed by atoms with E-state index in [0.29, 0.717) is 12.3 Å². The van der Waals surface area contributed by atoms with E-state index in [0.717, 1.165) is 31.8 Å². The highest BCUT2D eigenvalue weighted by molar-refractivity contribution is 8.00. The van der Waals surface area contributed by atoms with E-state index in [1.807, 2.05) is 30.0 Å². The lowest BCUT2D eigenvalue weighted by Crippen LogP contribution is -2.45. The summed E-state index contributed by atoms with van der Waals surface area (Å²) in [7, 11) is 1.61. The number of ether oxygens (including phenoxy) is 3. The van der Waals surface area contributed by atoms with E-state index in [9.17, 15) is 4.79 Å². The van der Waals surface area contributed by atoms with Gasteiger partial charge in [0, 0.05) is 29.4 Å². The van der Waals surface area contributed by atoms with Crippen LogP contribution in [0, 0.1) is 0 Å². The first kappa shape index (κ1) is 19.6. The first-order chi connectivity index (χ1) is 13.2. The molecule has 0 saturated carbocycles. The number of rotatable bonds is 8. The molecule has 3 rings (SSSR count). The van der Waals surface area contributed by atoms with Crippen molar-refractivity contribution in [1.29, 1.82) is 0 Å². The molecule has 0 atom stereocenters. The number of carbonyl (C=O) groups is 1. The van der Waals surface area contributed by atoms with Gasteiger partial charge < -0.3 is 19.5 Å². The summed E-state index contributed by atoms with van der Waals surface area (Å²) in [5.74, 6) is 1.28. The van der Waals surface area contributed by atoms with E-state index in [-0.39, 0.29) is 17.3 Å². The van der Waals surface area contributed by atoms with Gasteiger partial charge in [0.15, 0.2) is 6.61 Å². The molecular formula is C21H25NO4S. The number of nitrogens with one attached hydrogen (secondary N) is 1. The molecule has 5 nitrogen and oxygen atoms in total. The van der Waals surface area contributed by atoms with E-state index >= 15 is 0 Å². The van der Waals surface area contributed by atoms with Gasteiger partial charge in [0.1, 0.15) is 11.5 Å². The molecule has 1 amide bonds. The Morgan fingerprint density at radius 3 is 2.41 bits per heavy atom. The Morgan fingerprint density at radius 2 is 1.74 bits per heavy atom. The second-order valence-electron chi connectivity index (χ2n) is 6.45. The van der Waals surface area contributed by atoms with Crippen LogP contribution in [-0.2, 0) is 9.53 Å². The van der Waals surface area contributed by atoms with E-state index in [2.05, 4.69) is 17.4 Å². The van der Waals surface area contributed by atoms with Crippen LogP contribution in [0.4, 0.5) is 0 Å². The normalized spacial score (nSPS) is 15.7. The Bertz CT molecular complexity index is 715. The third-order valence-corrected chi connectivity index (χ3v) is 6.01. The number of hydrogen-bond acceptors (Lipinski definition) is 5. The van der Waals surface area contributed by atoms with Gasteiger partial charge in [-0.25, -0.2) is 0 Å². The summed E-state index contributed by atoms with van der Waals surface area (Å²) in [6, 6.07) is 17.5. The van der Waals surface area contributed by atoms with Crippen LogP contribution < -0.4 is 14.8 Å². The lowest BCUT2D eigenvalue weighted by molar-refractivity contribution is -0.123. The molecule has 0 aliphatic carbocycles. The molecule has 0 bridgehead atoms. The first-order valence-electron chi connectivity index (χ1n) is 9.04. The van der Waals surface area contributed by atoms with Crippen LogP contribution in [0.25, 0.3) is 0 Å². The minimum absolute atomic E-state index is 0.00505. The quantitative estimate of drug-likeness (QED) is 0.751. The fraction of sp³-hybridized carbons (Fsp3) is 0.381. The maximum Gasteiger partial charge on any atom is 0.257 e. The second-order valence-corrected chi connectivity index (χ2v) is 7.99. The first-order valence-corrected chi connectivity index (χ1v) is 9.86. The van der Waals surface area contributed by atoms with Crippen LogP contribution in [0.2, 0.25) is 0 Å². The minimum atomic E-state index is -0.120. The molecule has 2 aromatic rings. The van der Waals surface area contributed by atoms with E-state index in [1.165, 1.54) is 4.90 Å². The van der Waals surface area contributed by atoms with Crippen molar-refractivity contribution in [3.63, 3.8) is 0 Å². The number of carbonyl (C=O) groups excluding carboxylic acids is 1. The lowest BCUT2D eigenvalue weighted by Gasteiger charge is -2.36. The predicted octanol–water partition coefficient (Wildman–Crippen LogP) is 3.53. The van der Waals surface area contributed by atoms with Crippen LogP contribution in [0.3, 0.4) is 0 Å². The lowest BCUT2D eigenvalue weighted by atomic mass is 9.99. The van der Waals surface area contributed by atoms with Gasteiger partial charge >= 0.3 is 0 Å². The maximum absolute atomic E-state index is 12.3. The third-order valence-electron chi connectivity index (χ3n) is 4.52. The molecule has 1 heterocycles. The molecule has 1 N–H and O–H groups in total. The number of benzene rings is 2. The molecule has 144 valence electrons. The molecule has 0 unspecified atom stereocenters. The Kier molecular flexibility index (Phi) is 7.01. The molecule has 1 aliphatic rings. The van der Waals surface area contributed by atoms with Crippen molar-refractivity contribution in [2.24, 2.45) is 0 Å². The van der Waals surface area contributed by atoms with Gasteiger partial charge in [-0.1, -0.05) is 18.2 Å². The van der Waals surface area contributed by atoms with E-state index in [4.69, 9.17) is 14.2 Å². The Morgan fingerprint density at radius 1 is 1.07 bits per heavy atom. The summed E-state index contributed by atoms with van der Waals surface area (Å²) < 4.78 is 16.2. The third kappa shape index (κ3) is 5.91. The zero-order valence-corrected chi connectivity index (χ0v) is 16.3. The fourth-order valence-electron chi connectivity index (χ4n) is 2.93. The van der Waals surface area contributed by atoms with Gasteiger partial charge in [-0.15, -0.1) is 11.8 Å². The molecular weight excluding hydrogens is 362 g/mol. The minimum Gasteiger partial charge on any atom is -0.497 e. The number of methoxy groups -OCH3 is 1. The van der Waals surface area contributed by atoms with Crippen molar-refractivity contribution >= 4 is 17.7 Å². The van der Waals surface area contributed by atoms with Gasteiger partial charge in [-0.3, -0.25) is 4.79 Å². The largest absolute Gasteiger partial charge is 0.497 e. The Hall–Kier alpha value is -2.18. The number of amides is 1. The highest BCUT2D eigenvalue weighted by atomic mass is 32.2. The highest BCUT2D eigenvalue weighted by Gasteiger charge is 2.34. The van der Waals surface area contributed by atoms with Crippen LogP contribution in [-0.4, -0.2) is 44.1 Å². The molecule has 6 heteroatoms. The summed E-state index contributed by atoms with van der Waals surface area (Å²) in [6.07, 6.45) is 1.82. The molecule has 0 spiro atoms. The van der Waals surface area contributed by atoms with Gasteiger partial charge in [0.05, 0.1) is 7.11 Å². The monoisotopic (exact) mass is 387 g/mol. The van der Waals surface area contributed by atoms with Gasteiger partial charge in [0.25, 0.3) is 5.91 Å². The highest BCUT2D eigenvalue weighted by Crippen LogP contribution is 2.40. The number of hydrogen-bond donors (Lipinski definition) is 1. The summed E-state index contributed by atoms with van der Waals surface area (Å²) in [6.45, 7) is 2.03. The molecule has 1 fully saturated rings. The topological polar surface area (TPSA) is 56.8 Å². The van der Waals surface area contributed by atoms with Crippen LogP contribution >= 0.6 is 11.8 Å².